The maximum absolute atomic E-state index is 12.5. The first-order valence-corrected chi connectivity index (χ1v) is 9.62. The molecule has 0 aliphatic rings. The van der Waals surface area contributed by atoms with E-state index in [0.717, 1.165) is 10.6 Å². The second kappa shape index (κ2) is 8.49. The largest absolute Gasteiger partial charge is 0.492 e. The molecule has 0 aliphatic carbocycles. The predicted molar refractivity (Wildman–Crippen MR) is 110 cm³/mol. The van der Waals surface area contributed by atoms with E-state index in [1.165, 1.54) is 11.3 Å². The first-order chi connectivity index (χ1) is 13.8. The average Bonchev–Trinajstić information content (AvgIpc) is 3.41. The molecule has 7 heteroatoms. The second-order valence-corrected chi connectivity index (χ2v) is 7.03. The van der Waals surface area contributed by atoms with Gasteiger partial charge in [0.1, 0.15) is 22.2 Å². The Hall–Kier alpha value is -3.45. The van der Waals surface area contributed by atoms with E-state index < -0.39 is 0 Å². The van der Waals surface area contributed by atoms with E-state index in [0.29, 0.717) is 29.5 Å². The predicted octanol–water partition coefficient (Wildman–Crippen LogP) is 4.34. The Kier molecular flexibility index (Phi) is 5.44. The van der Waals surface area contributed by atoms with E-state index in [-0.39, 0.29) is 5.91 Å². The van der Waals surface area contributed by atoms with Gasteiger partial charge in [-0.25, -0.2) is 4.98 Å². The van der Waals surface area contributed by atoms with E-state index in [2.05, 4.69) is 15.4 Å². The average molecular weight is 390 g/mol. The Balaban J connectivity index is 1.37. The molecule has 4 rings (SSSR count). The molecule has 0 bridgehead atoms. The molecule has 28 heavy (non-hydrogen) atoms. The van der Waals surface area contributed by atoms with E-state index in [4.69, 9.17) is 4.74 Å². The molecule has 6 nitrogen and oxygen atoms in total. The summed E-state index contributed by atoms with van der Waals surface area (Å²) in [4.78, 5) is 17.5. The van der Waals surface area contributed by atoms with Gasteiger partial charge in [-0.3, -0.25) is 9.48 Å². The van der Waals surface area contributed by atoms with Crippen molar-refractivity contribution in [2.45, 2.75) is 6.54 Å². The number of anilines is 1. The van der Waals surface area contributed by atoms with Crippen molar-refractivity contribution >= 4 is 22.9 Å². The number of amides is 1. The van der Waals surface area contributed by atoms with E-state index in [9.17, 15) is 4.79 Å². The maximum atomic E-state index is 12.5. The van der Waals surface area contributed by atoms with Gasteiger partial charge >= 0.3 is 0 Å². The van der Waals surface area contributed by atoms with Crippen molar-refractivity contribution in [3.8, 4) is 16.3 Å². The van der Waals surface area contributed by atoms with Crippen LogP contribution in [0.25, 0.3) is 10.6 Å². The molecule has 0 aliphatic heterocycles. The lowest BCUT2D eigenvalue weighted by Gasteiger charge is -2.09. The van der Waals surface area contributed by atoms with Crippen LogP contribution in [0.15, 0.2) is 79.3 Å². The van der Waals surface area contributed by atoms with Gasteiger partial charge in [0.05, 0.1) is 12.7 Å². The first kappa shape index (κ1) is 17.9. The Morgan fingerprint density at radius 3 is 2.82 bits per heavy atom. The number of aromatic nitrogens is 3. The van der Waals surface area contributed by atoms with E-state index in [1.807, 2.05) is 60.8 Å². The molecule has 1 amide bonds. The summed E-state index contributed by atoms with van der Waals surface area (Å²) in [5, 5.41) is 7.86. The van der Waals surface area contributed by atoms with E-state index >= 15 is 0 Å². The molecule has 2 aromatic carbocycles. The van der Waals surface area contributed by atoms with Crippen LogP contribution in [0, 0.1) is 0 Å². The fourth-order valence-electron chi connectivity index (χ4n) is 2.64. The summed E-state index contributed by atoms with van der Waals surface area (Å²) < 4.78 is 7.55. The SMILES string of the molecule is O=C(Nc1cccc(OCCn2cccn2)c1)c1cnc(-c2ccccc2)s1. The standard InChI is InChI=1S/C21H18N4O2S/c26-20(19-15-22-21(28-19)16-6-2-1-3-7-16)24-17-8-4-9-18(14-17)27-13-12-25-11-5-10-23-25/h1-11,14-15H,12-13H2,(H,24,26). The number of ether oxygens (including phenoxy) is 1. The minimum absolute atomic E-state index is 0.187. The number of thiazole rings is 1. The molecule has 4 aromatic rings. The van der Waals surface area contributed by atoms with Crippen molar-refractivity contribution in [1.82, 2.24) is 14.8 Å². The highest BCUT2D eigenvalue weighted by Gasteiger charge is 2.12. The summed E-state index contributed by atoms with van der Waals surface area (Å²) in [5.74, 6) is 0.507. The lowest BCUT2D eigenvalue weighted by molar-refractivity contribution is 0.103. The Bertz CT molecular complexity index is 1050. The van der Waals surface area contributed by atoms with Crippen LogP contribution in [0.4, 0.5) is 5.69 Å². The topological polar surface area (TPSA) is 69.0 Å². The minimum Gasteiger partial charge on any atom is -0.492 e. The highest BCUT2D eigenvalue weighted by Crippen LogP contribution is 2.26. The summed E-state index contributed by atoms with van der Waals surface area (Å²) in [7, 11) is 0. The number of nitrogens with zero attached hydrogens (tertiary/aromatic N) is 3. The van der Waals surface area contributed by atoms with Crippen LogP contribution in [0.3, 0.4) is 0 Å². The van der Waals surface area contributed by atoms with E-state index in [1.54, 1.807) is 23.1 Å². The number of hydrogen-bond acceptors (Lipinski definition) is 5. The molecule has 0 fully saturated rings. The van der Waals surface area contributed by atoms with Gasteiger partial charge in [0.25, 0.3) is 5.91 Å². The third kappa shape index (κ3) is 4.44. The van der Waals surface area contributed by atoms with Crippen LogP contribution in [0.2, 0.25) is 0 Å². The van der Waals surface area contributed by atoms with Crippen LogP contribution in [0.5, 0.6) is 5.75 Å². The molecular weight excluding hydrogens is 372 g/mol. The second-order valence-electron chi connectivity index (χ2n) is 6.00. The molecule has 0 radical (unpaired) electrons. The fourth-order valence-corrected chi connectivity index (χ4v) is 3.46. The van der Waals surface area contributed by atoms with Gasteiger partial charge in [-0.05, 0) is 18.2 Å². The number of carbonyl (C=O) groups is 1. The van der Waals surface area contributed by atoms with Crippen molar-refractivity contribution in [3.63, 3.8) is 0 Å². The Morgan fingerprint density at radius 1 is 1.11 bits per heavy atom. The zero-order valence-corrected chi connectivity index (χ0v) is 15.8. The van der Waals surface area contributed by atoms with Crippen LogP contribution in [0.1, 0.15) is 9.67 Å². The van der Waals surface area contributed by atoms with Crippen molar-refractivity contribution in [2.24, 2.45) is 0 Å². The summed E-state index contributed by atoms with van der Waals surface area (Å²) in [6.07, 6.45) is 5.23. The van der Waals surface area contributed by atoms with Crippen LogP contribution >= 0.6 is 11.3 Å². The van der Waals surface area contributed by atoms with Gasteiger partial charge in [0.15, 0.2) is 0 Å². The fraction of sp³-hybridized carbons (Fsp3) is 0.0952. The van der Waals surface area contributed by atoms with Gasteiger partial charge < -0.3 is 10.1 Å². The summed E-state index contributed by atoms with van der Waals surface area (Å²) >= 11 is 1.37. The molecule has 0 unspecified atom stereocenters. The minimum atomic E-state index is -0.187. The molecule has 140 valence electrons. The van der Waals surface area contributed by atoms with Crippen molar-refractivity contribution in [3.05, 3.63) is 84.1 Å². The number of hydrogen-bond donors (Lipinski definition) is 1. The highest BCUT2D eigenvalue weighted by molar-refractivity contribution is 7.17. The number of benzene rings is 2. The third-order valence-corrected chi connectivity index (χ3v) is 5.04. The van der Waals surface area contributed by atoms with Gasteiger partial charge in [0, 0.05) is 29.7 Å². The van der Waals surface area contributed by atoms with Gasteiger partial charge in [-0.2, -0.15) is 5.10 Å². The molecule has 0 spiro atoms. The zero-order valence-electron chi connectivity index (χ0n) is 15.0. The molecular formula is C21H18N4O2S. The summed E-state index contributed by atoms with van der Waals surface area (Å²) in [5.41, 5.74) is 1.68. The normalized spacial score (nSPS) is 10.6. The lowest BCUT2D eigenvalue weighted by atomic mass is 10.2. The third-order valence-electron chi connectivity index (χ3n) is 3.99. The molecule has 0 saturated heterocycles. The molecule has 0 atom stereocenters. The number of rotatable bonds is 7. The van der Waals surface area contributed by atoms with Crippen LogP contribution in [-0.2, 0) is 6.54 Å². The van der Waals surface area contributed by atoms with Crippen molar-refractivity contribution in [1.29, 1.82) is 0 Å². The number of carbonyl (C=O) groups excluding carboxylic acids is 1. The van der Waals surface area contributed by atoms with Crippen LogP contribution in [-0.4, -0.2) is 27.3 Å². The summed E-state index contributed by atoms with van der Waals surface area (Å²) in [6, 6.07) is 19.0. The highest BCUT2D eigenvalue weighted by atomic mass is 32.1. The summed E-state index contributed by atoms with van der Waals surface area (Å²) in [6.45, 7) is 1.15. The monoisotopic (exact) mass is 390 g/mol. The zero-order chi connectivity index (χ0) is 19.2. The lowest BCUT2D eigenvalue weighted by Crippen LogP contribution is -2.11. The van der Waals surface area contributed by atoms with Crippen LogP contribution < -0.4 is 10.1 Å². The van der Waals surface area contributed by atoms with Crippen molar-refractivity contribution < 1.29 is 9.53 Å². The quantitative estimate of drug-likeness (QED) is 0.510. The van der Waals surface area contributed by atoms with Gasteiger partial charge in [-0.1, -0.05) is 36.4 Å². The Labute approximate surface area is 166 Å². The Morgan fingerprint density at radius 2 is 2.00 bits per heavy atom. The molecule has 0 saturated carbocycles. The van der Waals surface area contributed by atoms with Gasteiger partial charge in [-0.15, -0.1) is 11.3 Å². The maximum Gasteiger partial charge on any atom is 0.267 e. The smallest absolute Gasteiger partial charge is 0.267 e. The first-order valence-electron chi connectivity index (χ1n) is 8.81. The van der Waals surface area contributed by atoms with Gasteiger partial charge in [0.2, 0.25) is 0 Å². The van der Waals surface area contributed by atoms with Crippen molar-refractivity contribution in [2.75, 3.05) is 11.9 Å². The molecule has 2 aromatic heterocycles. The molecule has 2 heterocycles. The number of nitrogens with one attached hydrogen (secondary N) is 1. The molecule has 1 N–H and O–H groups in total.